The fourth-order valence-corrected chi connectivity index (χ4v) is 2.73. The Bertz CT molecular complexity index is 410. The van der Waals surface area contributed by atoms with Crippen molar-refractivity contribution < 1.29 is 13.2 Å². The van der Waals surface area contributed by atoms with Gasteiger partial charge in [-0.15, -0.1) is 0 Å². The second kappa shape index (κ2) is 6.18. The van der Waals surface area contributed by atoms with Crippen LogP contribution in [0.1, 0.15) is 37.9 Å². The summed E-state index contributed by atoms with van der Waals surface area (Å²) in [5, 5.41) is 2.98. The highest BCUT2D eigenvalue weighted by Crippen LogP contribution is 2.36. The molecule has 1 nitrogen and oxygen atoms in total. The van der Waals surface area contributed by atoms with Gasteiger partial charge in [0.25, 0.3) is 0 Å². The summed E-state index contributed by atoms with van der Waals surface area (Å²) in [6.45, 7) is 6.17. The van der Waals surface area contributed by atoms with Gasteiger partial charge in [-0.2, -0.15) is 24.9 Å². The Morgan fingerprint density at radius 1 is 1.16 bits per heavy atom. The molecule has 1 unspecified atom stereocenters. The van der Waals surface area contributed by atoms with Crippen LogP contribution in [0.25, 0.3) is 0 Å². The van der Waals surface area contributed by atoms with Crippen molar-refractivity contribution in [3.05, 3.63) is 35.4 Å². The number of thioether (sulfide) groups is 1. The van der Waals surface area contributed by atoms with E-state index < -0.39 is 11.7 Å². The van der Waals surface area contributed by atoms with E-state index in [0.717, 1.165) is 6.07 Å². The summed E-state index contributed by atoms with van der Waals surface area (Å²) in [5.41, 5.74) is -0.238. The number of nitrogens with one attached hydrogen (secondary N) is 1. The molecule has 1 atom stereocenters. The maximum atomic E-state index is 13.0. The zero-order valence-corrected chi connectivity index (χ0v) is 12.5. The van der Waals surface area contributed by atoms with Crippen LogP contribution in [-0.2, 0) is 6.18 Å². The van der Waals surface area contributed by atoms with Crippen molar-refractivity contribution in [2.45, 2.75) is 37.7 Å². The minimum Gasteiger partial charge on any atom is -0.312 e. The van der Waals surface area contributed by atoms with Gasteiger partial charge in [0.05, 0.1) is 5.56 Å². The largest absolute Gasteiger partial charge is 0.416 e. The monoisotopic (exact) mass is 291 g/mol. The molecule has 0 saturated heterocycles. The highest BCUT2D eigenvalue weighted by atomic mass is 32.2. The average Bonchev–Trinajstić information content (AvgIpc) is 2.27. The molecule has 0 aromatic heterocycles. The summed E-state index contributed by atoms with van der Waals surface area (Å²) in [5.74, 6) is 0.604. The Morgan fingerprint density at radius 2 is 1.74 bits per heavy atom. The molecule has 0 aliphatic heterocycles. The first kappa shape index (κ1) is 16.4. The van der Waals surface area contributed by atoms with Crippen LogP contribution in [0.4, 0.5) is 13.2 Å². The molecule has 1 rings (SSSR count). The van der Waals surface area contributed by atoms with Gasteiger partial charge in [0, 0.05) is 16.5 Å². The van der Waals surface area contributed by atoms with Crippen molar-refractivity contribution in [3.8, 4) is 0 Å². The predicted octanol–water partition coefficient (Wildman–Crippen LogP) is 4.50. The molecule has 1 N–H and O–H groups in total. The van der Waals surface area contributed by atoms with E-state index in [1.807, 2.05) is 0 Å². The summed E-state index contributed by atoms with van der Waals surface area (Å²) >= 11 is 1.65. The van der Waals surface area contributed by atoms with Crippen LogP contribution >= 0.6 is 11.8 Å². The molecule has 1 aromatic carbocycles. The highest BCUT2D eigenvalue weighted by molar-refractivity contribution is 8.00. The number of alkyl halides is 3. The smallest absolute Gasteiger partial charge is 0.312 e. The first-order chi connectivity index (χ1) is 8.65. The van der Waals surface area contributed by atoms with Crippen molar-refractivity contribution in [2.75, 3.05) is 12.8 Å². The molecule has 108 valence electrons. The lowest BCUT2D eigenvalue weighted by atomic mass is 10.0. The summed E-state index contributed by atoms with van der Waals surface area (Å²) < 4.78 is 39.0. The highest BCUT2D eigenvalue weighted by Gasteiger charge is 2.34. The average molecular weight is 291 g/mol. The normalized spacial score (nSPS) is 14.5. The summed E-state index contributed by atoms with van der Waals surface area (Å²) in [6.07, 6.45) is -4.31. The van der Waals surface area contributed by atoms with E-state index in [1.54, 1.807) is 30.9 Å². The quantitative estimate of drug-likeness (QED) is 0.876. The third kappa shape index (κ3) is 5.07. The van der Waals surface area contributed by atoms with E-state index in [9.17, 15) is 13.2 Å². The van der Waals surface area contributed by atoms with Gasteiger partial charge in [0.1, 0.15) is 0 Å². The van der Waals surface area contributed by atoms with E-state index >= 15 is 0 Å². The van der Waals surface area contributed by atoms with E-state index in [1.165, 1.54) is 6.07 Å². The van der Waals surface area contributed by atoms with Crippen LogP contribution in [-0.4, -0.2) is 17.5 Å². The van der Waals surface area contributed by atoms with Gasteiger partial charge in [0.15, 0.2) is 0 Å². The molecule has 1 aromatic rings. The lowest BCUT2D eigenvalue weighted by Crippen LogP contribution is -2.24. The Morgan fingerprint density at radius 3 is 2.21 bits per heavy atom. The SMILES string of the molecule is CNC(CSC(C)(C)C)c1ccccc1C(F)(F)F. The van der Waals surface area contributed by atoms with Gasteiger partial charge < -0.3 is 5.32 Å². The molecule has 0 aliphatic carbocycles. The van der Waals surface area contributed by atoms with E-state index in [0.29, 0.717) is 11.3 Å². The molecule has 0 spiro atoms. The van der Waals surface area contributed by atoms with Gasteiger partial charge >= 0.3 is 6.18 Å². The van der Waals surface area contributed by atoms with Crippen molar-refractivity contribution in [1.29, 1.82) is 0 Å². The first-order valence-corrected chi connectivity index (χ1v) is 7.11. The fourth-order valence-electron chi connectivity index (χ4n) is 1.72. The standard InChI is InChI=1S/C14H20F3NS/c1-13(2,3)19-9-12(18-4)10-7-5-6-8-11(10)14(15,16)17/h5-8,12,18H,9H2,1-4H3. The summed E-state index contributed by atoms with van der Waals surface area (Å²) in [4.78, 5) is 0. The fraction of sp³-hybridized carbons (Fsp3) is 0.571. The maximum absolute atomic E-state index is 13.0. The number of benzene rings is 1. The summed E-state index contributed by atoms with van der Waals surface area (Å²) in [6, 6.07) is 5.46. The second-order valence-electron chi connectivity index (χ2n) is 5.35. The molecule has 19 heavy (non-hydrogen) atoms. The number of halogens is 3. The second-order valence-corrected chi connectivity index (χ2v) is 7.20. The van der Waals surface area contributed by atoms with E-state index in [-0.39, 0.29) is 10.8 Å². The molecule has 0 fully saturated rings. The maximum Gasteiger partial charge on any atom is 0.416 e. The minimum absolute atomic E-state index is 0.0300. The molecule has 0 bridgehead atoms. The number of rotatable bonds is 4. The number of hydrogen-bond acceptors (Lipinski definition) is 2. The van der Waals surface area contributed by atoms with Crippen LogP contribution in [0.2, 0.25) is 0 Å². The molecule has 0 amide bonds. The molecule has 5 heteroatoms. The zero-order valence-electron chi connectivity index (χ0n) is 11.6. The molecule has 0 aliphatic rings. The Labute approximate surface area is 117 Å². The van der Waals surface area contributed by atoms with Crippen LogP contribution in [0, 0.1) is 0 Å². The van der Waals surface area contributed by atoms with Gasteiger partial charge in [0.2, 0.25) is 0 Å². The molecular weight excluding hydrogens is 271 g/mol. The van der Waals surface area contributed by atoms with E-state index in [2.05, 4.69) is 26.1 Å². The Kier molecular flexibility index (Phi) is 5.33. The van der Waals surface area contributed by atoms with Crippen LogP contribution in [0.15, 0.2) is 24.3 Å². The molecule has 0 heterocycles. The van der Waals surface area contributed by atoms with Crippen LogP contribution in [0.5, 0.6) is 0 Å². The van der Waals surface area contributed by atoms with Gasteiger partial charge in [-0.1, -0.05) is 39.0 Å². The Balaban J connectivity index is 2.99. The third-order valence-electron chi connectivity index (χ3n) is 2.67. The molecule has 0 saturated carbocycles. The molecular formula is C14H20F3NS. The van der Waals surface area contributed by atoms with E-state index in [4.69, 9.17) is 0 Å². The van der Waals surface area contributed by atoms with Crippen molar-refractivity contribution in [2.24, 2.45) is 0 Å². The topological polar surface area (TPSA) is 12.0 Å². The third-order valence-corrected chi connectivity index (χ3v) is 4.04. The van der Waals surface area contributed by atoms with Crippen LogP contribution in [0.3, 0.4) is 0 Å². The van der Waals surface area contributed by atoms with Gasteiger partial charge in [-0.05, 0) is 18.7 Å². The summed E-state index contributed by atoms with van der Waals surface area (Å²) in [7, 11) is 1.70. The van der Waals surface area contributed by atoms with Crippen molar-refractivity contribution >= 4 is 11.8 Å². The lowest BCUT2D eigenvalue weighted by molar-refractivity contribution is -0.138. The minimum atomic E-state index is -4.31. The molecule has 0 radical (unpaired) electrons. The van der Waals surface area contributed by atoms with Crippen molar-refractivity contribution in [1.82, 2.24) is 5.32 Å². The van der Waals surface area contributed by atoms with Crippen molar-refractivity contribution in [3.63, 3.8) is 0 Å². The zero-order chi connectivity index (χ0) is 14.7. The van der Waals surface area contributed by atoms with Crippen LogP contribution < -0.4 is 5.32 Å². The lowest BCUT2D eigenvalue weighted by Gasteiger charge is -2.25. The first-order valence-electron chi connectivity index (χ1n) is 6.12. The Hall–Kier alpha value is -0.680. The van der Waals surface area contributed by atoms with Gasteiger partial charge in [-0.3, -0.25) is 0 Å². The number of hydrogen-bond donors (Lipinski definition) is 1. The predicted molar refractivity (Wildman–Crippen MR) is 75.5 cm³/mol. The van der Waals surface area contributed by atoms with Gasteiger partial charge in [-0.25, -0.2) is 0 Å².